The van der Waals surface area contributed by atoms with Gasteiger partial charge in [0.1, 0.15) is 5.75 Å². The number of hydrogen-bond donors (Lipinski definition) is 1. The molecule has 3 nitrogen and oxygen atoms in total. The third-order valence-corrected chi connectivity index (χ3v) is 2.05. The van der Waals surface area contributed by atoms with Crippen molar-refractivity contribution in [2.45, 2.75) is 6.42 Å². The molecule has 1 aromatic carbocycles. The number of nitrogens with zero attached hydrogens (tertiary/aromatic N) is 1. The van der Waals surface area contributed by atoms with Crippen LogP contribution in [0.1, 0.15) is 6.42 Å². The van der Waals surface area contributed by atoms with Gasteiger partial charge in [-0.2, -0.15) is 0 Å². The molecule has 0 spiro atoms. The highest BCUT2D eigenvalue weighted by Gasteiger charge is 2.03. The summed E-state index contributed by atoms with van der Waals surface area (Å²) in [6.07, 6.45) is 0.394. The number of hydrogen-bond acceptors (Lipinski definition) is 3. The Balaban J connectivity index is 2.72. The lowest BCUT2D eigenvalue weighted by molar-refractivity contribution is 0.291. The Morgan fingerprint density at radius 1 is 1.40 bits per heavy atom. The van der Waals surface area contributed by atoms with Crippen molar-refractivity contribution in [1.29, 1.82) is 0 Å². The topological polar surface area (TPSA) is 38.5 Å². The normalized spacial score (nSPS) is 10.1. The average molecular weight is 212 g/mol. The number of benzene rings is 1. The molecule has 0 amide bonds. The van der Waals surface area contributed by atoms with E-state index in [0.717, 1.165) is 5.69 Å². The number of nitrogen functional groups attached to an aromatic ring is 1. The zero-order valence-corrected chi connectivity index (χ0v) is 9.16. The highest BCUT2D eigenvalue weighted by Crippen LogP contribution is 2.26. The molecule has 0 saturated carbocycles. The molecule has 0 saturated heterocycles. The van der Waals surface area contributed by atoms with E-state index < -0.39 is 0 Å². The van der Waals surface area contributed by atoms with E-state index in [1.165, 1.54) is 0 Å². The molecule has 0 heterocycles. The van der Waals surface area contributed by atoms with Gasteiger partial charge in [-0.15, -0.1) is 0 Å². The summed E-state index contributed by atoms with van der Waals surface area (Å²) in [6.45, 7) is -0.00907. The first-order chi connectivity index (χ1) is 7.15. The van der Waals surface area contributed by atoms with Crippen LogP contribution in [0.2, 0.25) is 0 Å². The van der Waals surface area contributed by atoms with E-state index in [4.69, 9.17) is 10.5 Å². The van der Waals surface area contributed by atoms with Crippen molar-refractivity contribution < 1.29 is 9.13 Å². The van der Waals surface area contributed by atoms with Gasteiger partial charge in [-0.3, -0.25) is 4.39 Å². The Morgan fingerprint density at radius 3 is 2.73 bits per heavy atom. The van der Waals surface area contributed by atoms with Crippen LogP contribution in [0, 0.1) is 0 Å². The molecule has 0 aliphatic carbocycles. The number of rotatable bonds is 5. The first-order valence-corrected chi connectivity index (χ1v) is 4.90. The summed E-state index contributed by atoms with van der Waals surface area (Å²) in [6, 6.07) is 5.56. The van der Waals surface area contributed by atoms with E-state index in [9.17, 15) is 4.39 Å². The Kier molecular flexibility index (Phi) is 4.21. The van der Waals surface area contributed by atoms with E-state index in [-0.39, 0.29) is 6.67 Å². The van der Waals surface area contributed by atoms with Crippen molar-refractivity contribution >= 4 is 11.4 Å². The van der Waals surface area contributed by atoms with Crippen molar-refractivity contribution in [3.63, 3.8) is 0 Å². The summed E-state index contributed by atoms with van der Waals surface area (Å²) >= 11 is 0. The largest absolute Gasteiger partial charge is 0.491 e. The van der Waals surface area contributed by atoms with E-state index in [2.05, 4.69) is 0 Å². The third-order valence-electron chi connectivity index (χ3n) is 2.05. The van der Waals surface area contributed by atoms with Crippen LogP contribution in [-0.2, 0) is 0 Å². The van der Waals surface area contributed by atoms with Crippen LogP contribution >= 0.6 is 0 Å². The predicted molar refractivity (Wildman–Crippen MR) is 61.3 cm³/mol. The molecule has 0 aliphatic rings. The van der Waals surface area contributed by atoms with Gasteiger partial charge in [-0.25, -0.2) is 0 Å². The van der Waals surface area contributed by atoms with E-state index in [0.29, 0.717) is 24.5 Å². The second-order valence-electron chi connectivity index (χ2n) is 3.51. The van der Waals surface area contributed by atoms with Crippen molar-refractivity contribution in [2.75, 3.05) is 38.0 Å². The lowest BCUT2D eigenvalue weighted by Crippen LogP contribution is -2.09. The van der Waals surface area contributed by atoms with Gasteiger partial charge in [-0.1, -0.05) is 0 Å². The number of ether oxygens (including phenoxy) is 1. The summed E-state index contributed by atoms with van der Waals surface area (Å²) < 4.78 is 17.3. The number of nitrogens with two attached hydrogens (primary N) is 1. The van der Waals surface area contributed by atoms with Crippen LogP contribution in [0.5, 0.6) is 5.75 Å². The molecule has 0 aromatic heterocycles. The second-order valence-corrected chi connectivity index (χ2v) is 3.51. The average Bonchev–Trinajstić information content (AvgIpc) is 2.20. The standard InChI is InChI=1S/C11H17FN2O/c1-14(2)9-4-5-10(13)11(8-9)15-7-3-6-12/h4-5,8H,3,6-7,13H2,1-2H3. The van der Waals surface area contributed by atoms with Crippen LogP contribution in [-0.4, -0.2) is 27.4 Å². The summed E-state index contributed by atoms with van der Waals surface area (Å²) in [7, 11) is 3.88. The van der Waals surface area contributed by atoms with Crippen molar-refractivity contribution in [1.82, 2.24) is 0 Å². The zero-order chi connectivity index (χ0) is 11.3. The minimum atomic E-state index is -0.368. The van der Waals surface area contributed by atoms with Gasteiger partial charge in [0.05, 0.1) is 19.0 Å². The van der Waals surface area contributed by atoms with E-state index in [1.54, 1.807) is 6.07 Å². The van der Waals surface area contributed by atoms with Gasteiger partial charge in [0.15, 0.2) is 0 Å². The van der Waals surface area contributed by atoms with Gasteiger partial charge >= 0.3 is 0 Å². The molecule has 0 aliphatic heterocycles. The minimum absolute atomic E-state index is 0.359. The highest BCUT2D eigenvalue weighted by atomic mass is 19.1. The lowest BCUT2D eigenvalue weighted by atomic mass is 10.2. The van der Waals surface area contributed by atoms with Crippen molar-refractivity contribution in [2.24, 2.45) is 0 Å². The van der Waals surface area contributed by atoms with Crippen LogP contribution < -0.4 is 15.4 Å². The minimum Gasteiger partial charge on any atom is -0.491 e. The second kappa shape index (κ2) is 5.44. The predicted octanol–water partition coefficient (Wildman–Crippen LogP) is 2.07. The number of halogens is 1. The Morgan fingerprint density at radius 2 is 2.13 bits per heavy atom. The molecule has 0 radical (unpaired) electrons. The van der Waals surface area contributed by atoms with Crippen LogP contribution in [0.25, 0.3) is 0 Å². The smallest absolute Gasteiger partial charge is 0.144 e. The molecule has 4 heteroatoms. The number of alkyl halides is 1. The molecular formula is C11H17FN2O. The van der Waals surface area contributed by atoms with Crippen molar-refractivity contribution in [3.8, 4) is 5.75 Å². The summed E-state index contributed by atoms with van der Waals surface area (Å²) in [5.74, 6) is 0.620. The van der Waals surface area contributed by atoms with Gasteiger partial charge in [0.2, 0.25) is 0 Å². The fraction of sp³-hybridized carbons (Fsp3) is 0.455. The SMILES string of the molecule is CN(C)c1ccc(N)c(OCCCF)c1. The molecule has 15 heavy (non-hydrogen) atoms. The Hall–Kier alpha value is -1.45. The monoisotopic (exact) mass is 212 g/mol. The molecule has 84 valence electrons. The van der Waals surface area contributed by atoms with E-state index in [1.807, 2.05) is 31.1 Å². The molecule has 2 N–H and O–H groups in total. The van der Waals surface area contributed by atoms with Crippen LogP contribution in [0.4, 0.5) is 15.8 Å². The Bertz CT molecular complexity index is 315. The first-order valence-electron chi connectivity index (χ1n) is 4.90. The lowest BCUT2D eigenvalue weighted by Gasteiger charge is -2.15. The van der Waals surface area contributed by atoms with E-state index >= 15 is 0 Å². The van der Waals surface area contributed by atoms with Gasteiger partial charge in [0.25, 0.3) is 0 Å². The molecule has 1 rings (SSSR count). The number of anilines is 2. The van der Waals surface area contributed by atoms with Gasteiger partial charge in [0, 0.05) is 32.3 Å². The maximum Gasteiger partial charge on any atom is 0.144 e. The fourth-order valence-corrected chi connectivity index (χ4v) is 1.16. The van der Waals surface area contributed by atoms with Crippen LogP contribution in [0.15, 0.2) is 18.2 Å². The molecular weight excluding hydrogens is 195 g/mol. The maximum absolute atomic E-state index is 11.9. The maximum atomic E-state index is 11.9. The zero-order valence-electron chi connectivity index (χ0n) is 9.16. The first kappa shape index (κ1) is 11.6. The summed E-state index contributed by atoms with van der Waals surface area (Å²) in [5, 5.41) is 0. The quantitative estimate of drug-likeness (QED) is 0.600. The molecule has 0 bridgehead atoms. The van der Waals surface area contributed by atoms with Crippen molar-refractivity contribution in [3.05, 3.63) is 18.2 Å². The van der Waals surface area contributed by atoms with Crippen LogP contribution in [0.3, 0.4) is 0 Å². The molecule has 1 aromatic rings. The third kappa shape index (κ3) is 3.31. The summed E-state index contributed by atoms with van der Waals surface area (Å²) in [4.78, 5) is 1.96. The molecule has 0 unspecified atom stereocenters. The fourth-order valence-electron chi connectivity index (χ4n) is 1.16. The Labute approximate surface area is 89.6 Å². The van der Waals surface area contributed by atoms with Gasteiger partial charge < -0.3 is 15.4 Å². The molecule has 0 fully saturated rings. The summed E-state index contributed by atoms with van der Waals surface area (Å²) in [5.41, 5.74) is 7.33. The highest BCUT2D eigenvalue weighted by molar-refractivity contribution is 5.61. The van der Waals surface area contributed by atoms with Gasteiger partial charge in [-0.05, 0) is 12.1 Å². The molecule has 0 atom stereocenters.